The third-order valence-corrected chi connectivity index (χ3v) is 8.36. The molecule has 1 heterocycles. The summed E-state index contributed by atoms with van der Waals surface area (Å²) in [7, 11) is 7.48. The molecule has 1 aliphatic rings. The smallest absolute Gasteiger partial charge is 0.0388 e. The summed E-state index contributed by atoms with van der Waals surface area (Å²) >= 11 is 0. The number of likely N-dealkylation sites (tertiary alicyclic amines) is 1. The maximum atomic E-state index is 4.10. The number of likely N-dealkylation sites (N-methyl/N-ethyl adjacent to an activating group) is 1. The summed E-state index contributed by atoms with van der Waals surface area (Å²) in [6, 6.07) is 8.99. The number of unbranched alkanes of at least 4 members (excludes halogenated alkanes) is 4. The Balaban J connectivity index is 0. The van der Waals surface area contributed by atoms with Gasteiger partial charge in [0.15, 0.2) is 0 Å². The van der Waals surface area contributed by atoms with E-state index in [0.717, 1.165) is 44.0 Å². The van der Waals surface area contributed by atoms with Crippen LogP contribution in [-0.2, 0) is 0 Å². The number of nitrogens with zero attached hydrogens (tertiary/aromatic N) is 2. The lowest BCUT2D eigenvalue weighted by atomic mass is 10.0. The highest BCUT2D eigenvalue weighted by molar-refractivity contribution is 5.73. The van der Waals surface area contributed by atoms with E-state index >= 15 is 0 Å². The molecule has 0 aromatic heterocycles. The van der Waals surface area contributed by atoms with Crippen molar-refractivity contribution in [2.45, 2.75) is 99.0 Å². The third kappa shape index (κ3) is 29.1. The van der Waals surface area contributed by atoms with Gasteiger partial charge < -0.3 is 21.3 Å². The van der Waals surface area contributed by atoms with E-state index in [2.05, 4.69) is 147 Å². The number of rotatable bonds is 19. The van der Waals surface area contributed by atoms with Gasteiger partial charge >= 0.3 is 0 Å². The maximum absolute atomic E-state index is 4.10. The standard InChI is InChI=1S/C21H32N4.C16H23N.C7H16.C3H7N/c1-5-6-7-11-20(13-15-23-4)17-25-16-9-12-21(18-25)24-19(2)10-8-14-22-3;1-6-14(12(2)3)11-13(4)15-7-9-16(17-5)10-8-15;1-3-5-7-6-4-2;1-3-4-2/h6-8,10-11,13,15,21-22,24H,1-2,9,12,14,16-18H2,3-4H3;7-11,17H,6H2,1-5H3;3-7H2,1-2H3;3-4H,1H2,2H3/b10-8+,11-7+,20-13+,23-15?;13-11+;;. The van der Waals surface area contributed by atoms with E-state index in [9.17, 15) is 0 Å². The van der Waals surface area contributed by atoms with Crippen LogP contribution in [-0.4, -0.2) is 71.5 Å². The summed E-state index contributed by atoms with van der Waals surface area (Å²) in [5, 5.41) is 12.5. The number of benzene rings is 1. The second-order valence-electron chi connectivity index (χ2n) is 13.2. The lowest BCUT2D eigenvalue weighted by molar-refractivity contribution is 0.212. The fourth-order valence-corrected chi connectivity index (χ4v) is 5.30. The van der Waals surface area contributed by atoms with Crippen LogP contribution in [0.2, 0.25) is 0 Å². The van der Waals surface area contributed by atoms with E-state index < -0.39 is 0 Å². The first-order chi connectivity index (χ1) is 25.6. The van der Waals surface area contributed by atoms with Crippen molar-refractivity contribution in [3.63, 3.8) is 0 Å². The zero-order chi connectivity index (χ0) is 40.1. The Morgan fingerprint density at radius 1 is 1.00 bits per heavy atom. The van der Waals surface area contributed by atoms with Crippen molar-refractivity contribution in [3.8, 4) is 0 Å². The first-order valence-electron chi connectivity index (χ1n) is 19.6. The summed E-state index contributed by atoms with van der Waals surface area (Å²) in [5.74, 6) is 0. The number of piperidine rings is 1. The molecule has 1 aromatic rings. The Labute approximate surface area is 327 Å². The van der Waals surface area contributed by atoms with Crippen LogP contribution >= 0.6 is 0 Å². The summed E-state index contributed by atoms with van der Waals surface area (Å²) in [6.45, 7) is 28.2. The molecule has 296 valence electrons. The first-order valence-corrected chi connectivity index (χ1v) is 19.6. The van der Waals surface area contributed by atoms with Gasteiger partial charge in [-0.15, -0.1) is 5.73 Å². The lowest BCUT2D eigenvalue weighted by Crippen LogP contribution is -2.45. The van der Waals surface area contributed by atoms with Crippen molar-refractivity contribution in [3.05, 3.63) is 126 Å². The molecule has 6 nitrogen and oxygen atoms in total. The van der Waals surface area contributed by atoms with Crippen molar-refractivity contribution in [1.82, 2.24) is 20.9 Å². The van der Waals surface area contributed by atoms with Gasteiger partial charge in [0.2, 0.25) is 0 Å². The summed E-state index contributed by atoms with van der Waals surface area (Å²) in [4.78, 5) is 6.53. The Morgan fingerprint density at radius 2 is 1.66 bits per heavy atom. The first kappa shape index (κ1) is 51.0. The van der Waals surface area contributed by atoms with Crippen molar-refractivity contribution < 1.29 is 0 Å². The number of anilines is 1. The Kier molecular flexibility index (Phi) is 34.9. The van der Waals surface area contributed by atoms with E-state index in [1.54, 1.807) is 13.2 Å². The van der Waals surface area contributed by atoms with E-state index in [4.69, 9.17) is 0 Å². The second-order valence-corrected chi connectivity index (χ2v) is 13.2. The minimum absolute atomic E-state index is 0.443. The van der Waals surface area contributed by atoms with Crippen LogP contribution in [0.25, 0.3) is 5.57 Å². The molecule has 1 fully saturated rings. The fraction of sp³-hybridized carbons (Fsp3) is 0.489. The van der Waals surface area contributed by atoms with E-state index in [1.165, 1.54) is 72.8 Å². The molecule has 0 amide bonds. The molecule has 2 rings (SSSR count). The fourth-order valence-electron chi connectivity index (χ4n) is 5.30. The molecular formula is C47H78N6. The van der Waals surface area contributed by atoms with Crippen LogP contribution in [0.5, 0.6) is 0 Å². The van der Waals surface area contributed by atoms with Gasteiger partial charge in [0.1, 0.15) is 0 Å². The number of hydrogen-bond acceptors (Lipinski definition) is 6. The quantitative estimate of drug-likeness (QED) is 0.0495. The third-order valence-electron chi connectivity index (χ3n) is 8.36. The zero-order valence-corrected chi connectivity index (χ0v) is 35.6. The molecule has 1 unspecified atom stereocenters. The summed E-state index contributed by atoms with van der Waals surface area (Å²) in [5.41, 5.74) is 11.6. The minimum atomic E-state index is 0.443. The predicted molar refractivity (Wildman–Crippen MR) is 242 cm³/mol. The Hall–Kier alpha value is -4.09. The van der Waals surface area contributed by atoms with Crippen molar-refractivity contribution in [2.75, 3.05) is 59.7 Å². The summed E-state index contributed by atoms with van der Waals surface area (Å²) in [6.07, 6.45) is 28.3. The number of aliphatic imine (C=N–C) groups is 1. The molecule has 0 saturated carbocycles. The highest BCUT2D eigenvalue weighted by Crippen LogP contribution is 2.21. The molecule has 0 bridgehead atoms. The minimum Gasteiger partial charge on any atom is -0.394 e. The normalized spacial score (nSPS) is 14.5. The zero-order valence-electron chi connectivity index (χ0n) is 35.6. The van der Waals surface area contributed by atoms with E-state index in [-0.39, 0.29) is 0 Å². The Morgan fingerprint density at radius 3 is 2.17 bits per heavy atom. The highest BCUT2D eigenvalue weighted by Gasteiger charge is 2.19. The van der Waals surface area contributed by atoms with Gasteiger partial charge in [-0.05, 0) is 112 Å². The summed E-state index contributed by atoms with van der Waals surface area (Å²) < 4.78 is 0. The molecule has 1 atom stereocenters. The second kappa shape index (κ2) is 36.3. The molecular weight excluding hydrogens is 649 g/mol. The SMILES string of the molecule is C=C=C/C=C/C(=C\C=NC)CN1CCCC(NC(=C)/C=C/CNC)C1.C=CNC.CCC(/C=C(\C)c1ccc(NC)cc1)=C(C)C.CCCCCCC. The van der Waals surface area contributed by atoms with Crippen molar-refractivity contribution >= 4 is 17.5 Å². The van der Waals surface area contributed by atoms with Crippen LogP contribution in [0.3, 0.4) is 0 Å². The molecule has 0 spiro atoms. The average Bonchev–Trinajstić information content (AvgIpc) is 3.17. The lowest BCUT2D eigenvalue weighted by Gasteiger charge is -2.34. The molecule has 1 aromatic carbocycles. The molecule has 4 N–H and O–H groups in total. The Bertz CT molecular complexity index is 1310. The average molecular weight is 727 g/mol. The maximum Gasteiger partial charge on any atom is 0.0388 e. The molecule has 1 aliphatic heterocycles. The highest BCUT2D eigenvalue weighted by atomic mass is 15.2. The predicted octanol–water partition coefficient (Wildman–Crippen LogP) is 11.1. The number of hydrogen-bond donors (Lipinski definition) is 4. The van der Waals surface area contributed by atoms with Crippen LogP contribution in [0.4, 0.5) is 5.69 Å². The molecule has 53 heavy (non-hydrogen) atoms. The van der Waals surface area contributed by atoms with Crippen LogP contribution in [0, 0.1) is 0 Å². The van der Waals surface area contributed by atoms with E-state index in [0.29, 0.717) is 6.04 Å². The number of allylic oxidation sites excluding steroid dienone is 8. The largest absolute Gasteiger partial charge is 0.394 e. The number of nitrogens with one attached hydrogen (secondary N) is 4. The van der Waals surface area contributed by atoms with Gasteiger partial charge in [-0.3, -0.25) is 9.89 Å². The topological polar surface area (TPSA) is 63.7 Å². The molecule has 0 aliphatic carbocycles. The van der Waals surface area contributed by atoms with Crippen LogP contribution in [0.1, 0.15) is 98.5 Å². The molecule has 0 radical (unpaired) electrons. The van der Waals surface area contributed by atoms with Crippen LogP contribution < -0.4 is 21.3 Å². The van der Waals surface area contributed by atoms with Gasteiger partial charge in [0, 0.05) is 64.4 Å². The van der Waals surface area contributed by atoms with Crippen molar-refractivity contribution in [1.29, 1.82) is 0 Å². The van der Waals surface area contributed by atoms with Crippen LogP contribution in [0.15, 0.2) is 126 Å². The van der Waals surface area contributed by atoms with Gasteiger partial charge in [-0.25, -0.2) is 0 Å². The van der Waals surface area contributed by atoms with Gasteiger partial charge in [-0.1, -0.05) is 115 Å². The van der Waals surface area contributed by atoms with Gasteiger partial charge in [-0.2, -0.15) is 0 Å². The van der Waals surface area contributed by atoms with Crippen molar-refractivity contribution in [2.24, 2.45) is 4.99 Å². The van der Waals surface area contributed by atoms with Gasteiger partial charge in [0.05, 0.1) is 0 Å². The molecule has 1 saturated heterocycles. The van der Waals surface area contributed by atoms with E-state index in [1.807, 2.05) is 45.6 Å². The monoisotopic (exact) mass is 727 g/mol. The van der Waals surface area contributed by atoms with Gasteiger partial charge in [0.25, 0.3) is 0 Å². The molecule has 6 heteroatoms.